The Morgan fingerprint density at radius 1 is 1.29 bits per heavy atom. The summed E-state index contributed by atoms with van der Waals surface area (Å²) in [5, 5.41) is 0. The van der Waals surface area contributed by atoms with Crippen molar-refractivity contribution < 1.29 is 9.18 Å². The molecule has 3 heteroatoms. The van der Waals surface area contributed by atoms with Gasteiger partial charge in [0, 0.05) is 12.8 Å². The van der Waals surface area contributed by atoms with Crippen LogP contribution in [0.4, 0.5) is 4.39 Å². The van der Waals surface area contributed by atoms with Gasteiger partial charge in [0.05, 0.1) is 0 Å². The number of rotatable bonds is 7. The second kappa shape index (κ2) is 7.69. The van der Waals surface area contributed by atoms with Crippen LogP contribution in [-0.4, -0.2) is 12.3 Å². The first kappa shape index (κ1) is 17.8. The molecule has 0 aliphatic carbocycles. The number of ketones is 1. The minimum absolute atomic E-state index is 0.172. The van der Waals surface area contributed by atoms with Crippen LogP contribution in [0.1, 0.15) is 51.2 Å². The van der Waals surface area contributed by atoms with Gasteiger partial charge in [-0.3, -0.25) is 4.79 Å². The molecule has 0 saturated carbocycles. The molecule has 21 heavy (non-hydrogen) atoms. The van der Waals surface area contributed by atoms with Gasteiger partial charge in [-0.25, -0.2) is 4.39 Å². The van der Waals surface area contributed by atoms with E-state index < -0.39 is 0 Å². The van der Waals surface area contributed by atoms with Crippen molar-refractivity contribution in [3.63, 3.8) is 0 Å². The van der Waals surface area contributed by atoms with Crippen LogP contribution in [0.25, 0.3) is 0 Å². The average Bonchev–Trinajstić information content (AvgIpc) is 2.36. The Labute approximate surface area is 127 Å². The molecule has 1 atom stereocenters. The van der Waals surface area contributed by atoms with Crippen molar-refractivity contribution in [2.75, 3.05) is 6.54 Å². The van der Waals surface area contributed by atoms with E-state index in [1.54, 1.807) is 6.07 Å². The van der Waals surface area contributed by atoms with Gasteiger partial charge >= 0.3 is 0 Å². The molecule has 0 fully saturated rings. The summed E-state index contributed by atoms with van der Waals surface area (Å²) in [5.41, 5.74) is 7.61. The van der Waals surface area contributed by atoms with Gasteiger partial charge in [0.1, 0.15) is 11.6 Å². The summed E-state index contributed by atoms with van der Waals surface area (Å²) < 4.78 is 13.1. The zero-order chi connectivity index (χ0) is 16.0. The van der Waals surface area contributed by atoms with Crippen LogP contribution < -0.4 is 5.73 Å². The Morgan fingerprint density at radius 2 is 1.95 bits per heavy atom. The molecule has 0 heterocycles. The van der Waals surface area contributed by atoms with E-state index in [1.165, 1.54) is 12.1 Å². The third-order valence-corrected chi connectivity index (χ3v) is 4.20. The largest absolute Gasteiger partial charge is 0.330 e. The molecule has 1 rings (SSSR count). The van der Waals surface area contributed by atoms with E-state index in [4.69, 9.17) is 5.73 Å². The molecule has 0 aliphatic heterocycles. The van der Waals surface area contributed by atoms with Gasteiger partial charge in [0.25, 0.3) is 0 Å². The predicted molar refractivity (Wildman–Crippen MR) is 85.7 cm³/mol. The number of nitrogens with two attached hydrogens (primary N) is 1. The van der Waals surface area contributed by atoms with E-state index in [0.717, 1.165) is 24.0 Å². The van der Waals surface area contributed by atoms with Crippen LogP contribution in [0.5, 0.6) is 0 Å². The highest BCUT2D eigenvalue weighted by molar-refractivity contribution is 5.81. The topological polar surface area (TPSA) is 43.1 Å². The fourth-order valence-electron chi connectivity index (χ4n) is 2.71. The summed E-state index contributed by atoms with van der Waals surface area (Å²) in [6.45, 7) is 9.09. The molecule has 2 N–H and O–H groups in total. The van der Waals surface area contributed by atoms with Crippen molar-refractivity contribution in [1.82, 2.24) is 0 Å². The lowest BCUT2D eigenvalue weighted by atomic mass is 9.76. The zero-order valence-corrected chi connectivity index (χ0v) is 13.7. The second-order valence-corrected chi connectivity index (χ2v) is 6.97. The lowest BCUT2D eigenvalue weighted by molar-refractivity contribution is -0.118. The Hall–Kier alpha value is -1.22. The van der Waals surface area contributed by atoms with Gasteiger partial charge in [0.2, 0.25) is 0 Å². The molecular weight excluding hydrogens is 265 g/mol. The van der Waals surface area contributed by atoms with Crippen LogP contribution >= 0.6 is 0 Å². The van der Waals surface area contributed by atoms with Gasteiger partial charge in [-0.05, 0) is 60.9 Å². The highest BCUT2D eigenvalue weighted by atomic mass is 19.1. The molecule has 0 aliphatic rings. The summed E-state index contributed by atoms with van der Waals surface area (Å²) >= 11 is 0. The van der Waals surface area contributed by atoms with Crippen LogP contribution in [-0.2, 0) is 11.2 Å². The Morgan fingerprint density at radius 3 is 2.48 bits per heavy atom. The highest BCUT2D eigenvalue weighted by Crippen LogP contribution is 2.32. The molecule has 0 aromatic heterocycles. The number of hydrogen-bond acceptors (Lipinski definition) is 2. The molecule has 0 amide bonds. The van der Waals surface area contributed by atoms with E-state index in [-0.39, 0.29) is 17.0 Å². The number of aryl methyl sites for hydroxylation is 1. The maximum atomic E-state index is 13.1. The van der Waals surface area contributed by atoms with Crippen molar-refractivity contribution in [1.29, 1.82) is 0 Å². The molecule has 118 valence electrons. The Balaban J connectivity index is 2.57. The van der Waals surface area contributed by atoms with Gasteiger partial charge < -0.3 is 5.73 Å². The van der Waals surface area contributed by atoms with E-state index in [2.05, 4.69) is 20.8 Å². The normalized spacial score (nSPS) is 13.2. The molecule has 1 unspecified atom stereocenters. The number of halogens is 1. The third kappa shape index (κ3) is 5.96. The van der Waals surface area contributed by atoms with Crippen LogP contribution in [0.15, 0.2) is 18.2 Å². The van der Waals surface area contributed by atoms with Crippen LogP contribution in [0, 0.1) is 24.1 Å². The minimum Gasteiger partial charge on any atom is -0.330 e. The zero-order valence-electron chi connectivity index (χ0n) is 13.7. The van der Waals surface area contributed by atoms with Gasteiger partial charge in [0.15, 0.2) is 0 Å². The standard InChI is InChI=1S/C18H28FNO/c1-13-11-16(19)7-5-14(13)12-17(21)8-6-15(9-10-20)18(2,3)4/h5,7,11,15H,6,8-10,12,20H2,1-4H3. The smallest absolute Gasteiger partial charge is 0.137 e. The van der Waals surface area contributed by atoms with Crippen LogP contribution in [0.2, 0.25) is 0 Å². The summed E-state index contributed by atoms with van der Waals surface area (Å²) in [4.78, 5) is 12.2. The van der Waals surface area contributed by atoms with Gasteiger partial charge in [-0.15, -0.1) is 0 Å². The molecule has 0 radical (unpaired) electrons. The lowest BCUT2D eigenvalue weighted by Gasteiger charge is -2.30. The highest BCUT2D eigenvalue weighted by Gasteiger charge is 2.24. The number of carbonyl (C=O) groups is 1. The van der Waals surface area contributed by atoms with Gasteiger partial charge in [-0.2, -0.15) is 0 Å². The molecule has 0 saturated heterocycles. The van der Waals surface area contributed by atoms with E-state index in [9.17, 15) is 9.18 Å². The summed E-state index contributed by atoms with van der Waals surface area (Å²) in [6.07, 6.45) is 2.79. The molecule has 1 aromatic carbocycles. The maximum absolute atomic E-state index is 13.1. The second-order valence-electron chi connectivity index (χ2n) is 6.97. The van der Waals surface area contributed by atoms with E-state index >= 15 is 0 Å². The molecule has 0 bridgehead atoms. The summed E-state index contributed by atoms with van der Waals surface area (Å²) in [7, 11) is 0. The van der Waals surface area contributed by atoms with Crippen molar-refractivity contribution in [3.8, 4) is 0 Å². The van der Waals surface area contributed by atoms with Crippen LogP contribution in [0.3, 0.4) is 0 Å². The Kier molecular flexibility index (Phi) is 6.53. The van der Waals surface area contributed by atoms with Crippen molar-refractivity contribution in [2.24, 2.45) is 17.1 Å². The van der Waals surface area contributed by atoms with Crippen molar-refractivity contribution in [2.45, 2.75) is 53.4 Å². The van der Waals surface area contributed by atoms with Crippen molar-refractivity contribution >= 4 is 5.78 Å². The van der Waals surface area contributed by atoms with Crippen molar-refractivity contribution in [3.05, 3.63) is 35.1 Å². The van der Waals surface area contributed by atoms with E-state index in [1.807, 2.05) is 6.92 Å². The SMILES string of the molecule is Cc1cc(F)ccc1CC(=O)CCC(CCN)C(C)(C)C. The number of Topliss-reactive ketones (excluding diaryl/α,β-unsaturated/α-hetero) is 1. The number of benzene rings is 1. The Bertz CT molecular complexity index is 477. The quantitative estimate of drug-likeness (QED) is 0.824. The fraction of sp³-hybridized carbons (Fsp3) is 0.611. The average molecular weight is 293 g/mol. The minimum atomic E-state index is -0.251. The number of hydrogen-bond donors (Lipinski definition) is 1. The first-order valence-corrected chi connectivity index (χ1v) is 7.71. The molecule has 0 spiro atoms. The molecule has 2 nitrogen and oxygen atoms in total. The maximum Gasteiger partial charge on any atom is 0.137 e. The molecular formula is C18H28FNO. The van der Waals surface area contributed by atoms with Gasteiger partial charge in [-0.1, -0.05) is 26.8 Å². The molecule has 1 aromatic rings. The first-order chi connectivity index (χ1) is 9.74. The van der Waals surface area contributed by atoms with E-state index in [0.29, 0.717) is 25.3 Å². The predicted octanol–water partition coefficient (Wildman–Crippen LogP) is 4.04. The summed E-state index contributed by atoms with van der Waals surface area (Å²) in [6, 6.07) is 4.61. The first-order valence-electron chi connectivity index (χ1n) is 7.71. The monoisotopic (exact) mass is 293 g/mol. The summed E-state index contributed by atoms with van der Waals surface area (Å²) in [5.74, 6) is 0.427. The lowest BCUT2D eigenvalue weighted by Crippen LogP contribution is -2.24. The third-order valence-electron chi connectivity index (χ3n) is 4.20. The number of carbonyl (C=O) groups excluding carboxylic acids is 1. The fourth-order valence-corrected chi connectivity index (χ4v) is 2.71.